The largest absolute Gasteiger partial charge is 0.497 e. The van der Waals surface area contributed by atoms with Crippen LogP contribution in [0.5, 0.6) is 11.5 Å². The van der Waals surface area contributed by atoms with Crippen molar-refractivity contribution in [3.63, 3.8) is 0 Å². The molecule has 0 saturated heterocycles. The summed E-state index contributed by atoms with van der Waals surface area (Å²) in [4.78, 5) is -0.947. The van der Waals surface area contributed by atoms with Gasteiger partial charge in [0, 0.05) is 25.2 Å². The first kappa shape index (κ1) is 22.5. The zero-order valence-electron chi connectivity index (χ0n) is 16.5. The normalized spacial score (nSPS) is 11.5. The number of ether oxygens (including phenoxy) is 1. The van der Waals surface area contributed by atoms with Gasteiger partial charge in [-0.3, -0.25) is 0 Å². The van der Waals surface area contributed by atoms with Gasteiger partial charge in [-0.15, -0.1) is 0 Å². The number of hydrogen-bond donors (Lipinski definition) is 0. The fourth-order valence-corrected chi connectivity index (χ4v) is 4.37. The van der Waals surface area contributed by atoms with Gasteiger partial charge >= 0.3 is 5.75 Å². The summed E-state index contributed by atoms with van der Waals surface area (Å²) in [6.45, 7) is 3.01. The van der Waals surface area contributed by atoms with Crippen LogP contribution in [0, 0.1) is 17.5 Å². The average Bonchev–Trinajstić information content (AvgIpc) is 2.78. The number of benzene rings is 3. The van der Waals surface area contributed by atoms with Crippen molar-refractivity contribution in [1.29, 1.82) is 0 Å². The van der Waals surface area contributed by atoms with E-state index in [4.69, 9.17) is 9.16 Å². The molecule has 3 aromatic rings. The van der Waals surface area contributed by atoms with Gasteiger partial charge < -0.3 is 4.74 Å². The molecule has 0 aliphatic heterocycles. The van der Waals surface area contributed by atoms with Gasteiger partial charge in [-0.05, 0) is 47.5 Å². The fraction of sp³-hybridized carbons (Fsp3) is 0.136. The molecular formula is C22H19F3NO4S+. The van der Waals surface area contributed by atoms with Gasteiger partial charge in [0.05, 0.1) is 7.11 Å². The summed E-state index contributed by atoms with van der Waals surface area (Å²) in [7, 11) is -3.03. The lowest BCUT2D eigenvalue weighted by Gasteiger charge is -2.23. The molecule has 5 nitrogen and oxygen atoms in total. The van der Waals surface area contributed by atoms with E-state index in [-0.39, 0.29) is 13.1 Å². The van der Waals surface area contributed by atoms with Gasteiger partial charge in [0.15, 0.2) is 17.5 Å². The Morgan fingerprint density at radius 1 is 0.871 bits per heavy atom. The van der Waals surface area contributed by atoms with Crippen molar-refractivity contribution in [1.82, 2.24) is 4.31 Å². The van der Waals surface area contributed by atoms with Crippen molar-refractivity contribution in [3.05, 3.63) is 89.2 Å². The van der Waals surface area contributed by atoms with Crippen molar-refractivity contribution in [2.75, 3.05) is 7.11 Å². The Hall–Kier alpha value is -3.17. The van der Waals surface area contributed by atoms with Gasteiger partial charge in [-0.25, -0.2) is 26.0 Å². The highest BCUT2D eigenvalue weighted by Gasteiger charge is 2.30. The van der Waals surface area contributed by atoms with E-state index in [0.29, 0.717) is 34.8 Å². The van der Waals surface area contributed by atoms with Gasteiger partial charge in [0.1, 0.15) is 10.6 Å². The molecular weight excluding hydrogens is 431 g/mol. The summed E-state index contributed by atoms with van der Waals surface area (Å²) < 4.78 is 78.7. The highest BCUT2D eigenvalue weighted by molar-refractivity contribution is 7.89. The highest BCUT2D eigenvalue weighted by Crippen LogP contribution is 2.27. The molecule has 0 saturated carbocycles. The zero-order chi connectivity index (χ0) is 22.6. The van der Waals surface area contributed by atoms with E-state index < -0.39 is 32.4 Å². The van der Waals surface area contributed by atoms with Gasteiger partial charge in [-0.2, -0.15) is 4.31 Å². The second-order valence-corrected chi connectivity index (χ2v) is 8.49. The number of methoxy groups -OCH3 is 1. The first-order valence-corrected chi connectivity index (χ1v) is 10.5. The first-order chi connectivity index (χ1) is 14.8. The van der Waals surface area contributed by atoms with Crippen LogP contribution in [0.4, 0.5) is 13.2 Å². The summed E-state index contributed by atoms with van der Waals surface area (Å²) in [6.07, 6.45) is 0. The molecule has 0 bridgehead atoms. The molecule has 0 atom stereocenters. The minimum atomic E-state index is -4.52. The molecule has 0 fully saturated rings. The molecule has 0 aromatic heterocycles. The fourth-order valence-electron chi connectivity index (χ4n) is 2.90. The van der Waals surface area contributed by atoms with Gasteiger partial charge in [0.25, 0.3) is 6.79 Å². The Labute approximate surface area is 178 Å². The number of carbonyl (C=O) groups excluding carboxylic acids is 1. The summed E-state index contributed by atoms with van der Waals surface area (Å²) in [5.41, 5.74) is 1.16. The van der Waals surface area contributed by atoms with Crippen molar-refractivity contribution in [3.8, 4) is 11.5 Å². The molecule has 9 heteroatoms. The molecule has 31 heavy (non-hydrogen) atoms. The minimum absolute atomic E-state index is 0.141. The maximum absolute atomic E-state index is 14.3. The van der Waals surface area contributed by atoms with Crippen molar-refractivity contribution < 1.29 is 30.8 Å². The summed E-state index contributed by atoms with van der Waals surface area (Å²) in [6, 6.07) is 14.3. The van der Waals surface area contributed by atoms with E-state index in [0.717, 1.165) is 4.31 Å². The van der Waals surface area contributed by atoms with E-state index in [9.17, 15) is 21.6 Å². The van der Waals surface area contributed by atoms with Crippen LogP contribution in [0.2, 0.25) is 0 Å². The van der Waals surface area contributed by atoms with Gasteiger partial charge in [-0.1, -0.05) is 12.1 Å². The predicted molar refractivity (Wildman–Crippen MR) is 109 cm³/mol. The standard InChI is InChI=1S/C22H19F3NO4S/c1-29-17-7-3-15(4-8-17)13-26(14-16-5-9-18(30-2)10-6-16)31(27,28)20-12-11-19(23)21(24)22(20)25/h3-12H,1,13-14H2,2H3/q+1. The van der Waals surface area contributed by atoms with Crippen molar-refractivity contribution >= 4 is 16.8 Å². The number of sulfonamides is 1. The predicted octanol–water partition coefficient (Wildman–Crippen LogP) is 4.58. The molecule has 0 spiro atoms. The number of nitrogens with zero attached hydrogens (tertiary/aromatic N) is 1. The summed E-state index contributed by atoms with van der Waals surface area (Å²) >= 11 is 0. The van der Waals surface area contributed by atoms with E-state index in [2.05, 4.69) is 6.79 Å². The number of halogens is 3. The number of hydrogen-bond acceptors (Lipinski definition) is 3. The van der Waals surface area contributed by atoms with E-state index in [1.807, 2.05) is 0 Å². The third-order valence-corrected chi connectivity index (χ3v) is 6.39. The quantitative estimate of drug-likeness (QED) is 0.373. The average molecular weight is 450 g/mol. The molecule has 0 N–H and O–H groups in total. The van der Waals surface area contributed by atoms with Crippen LogP contribution in [-0.4, -0.2) is 26.6 Å². The molecule has 3 aromatic carbocycles. The zero-order valence-corrected chi connectivity index (χ0v) is 17.3. The van der Waals surface area contributed by atoms with Crippen molar-refractivity contribution in [2.24, 2.45) is 0 Å². The third-order valence-electron chi connectivity index (χ3n) is 4.58. The third kappa shape index (κ3) is 4.95. The molecule has 162 valence electrons. The summed E-state index contributed by atoms with van der Waals surface area (Å²) in [5.74, 6) is -4.03. The molecule has 0 aliphatic rings. The molecule has 0 unspecified atom stereocenters. The maximum Gasteiger partial charge on any atom is 0.351 e. The van der Waals surface area contributed by atoms with E-state index >= 15 is 0 Å². The lowest BCUT2D eigenvalue weighted by molar-refractivity contribution is -0.354. The summed E-state index contributed by atoms with van der Waals surface area (Å²) in [5, 5.41) is 0. The lowest BCUT2D eigenvalue weighted by atomic mass is 10.2. The van der Waals surface area contributed by atoms with Crippen LogP contribution >= 0.6 is 0 Å². The van der Waals surface area contributed by atoms with Crippen molar-refractivity contribution in [2.45, 2.75) is 18.0 Å². The highest BCUT2D eigenvalue weighted by atomic mass is 32.2. The van der Waals surface area contributed by atoms with Crippen LogP contribution < -0.4 is 4.74 Å². The van der Waals surface area contributed by atoms with Crippen LogP contribution in [-0.2, 0) is 27.5 Å². The second kappa shape index (κ2) is 9.32. The van der Waals surface area contributed by atoms with E-state index in [1.165, 1.54) is 7.11 Å². The Morgan fingerprint density at radius 2 is 1.42 bits per heavy atom. The number of rotatable bonds is 8. The Morgan fingerprint density at radius 3 is 1.94 bits per heavy atom. The monoisotopic (exact) mass is 450 g/mol. The Kier molecular flexibility index (Phi) is 6.77. The first-order valence-electron chi connectivity index (χ1n) is 9.04. The molecule has 0 radical (unpaired) electrons. The van der Waals surface area contributed by atoms with Crippen LogP contribution in [0.1, 0.15) is 11.1 Å². The molecule has 3 rings (SSSR count). The maximum atomic E-state index is 14.3. The molecule has 0 heterocycles. The van der Waals surface area contributed by atoms with Crippen LogP contribution in [0.3, 0.4) is 0 Å². The SMILES string of the molecule is C=[O+]c1ccc(CN(Cc2ccc(OC)cc2)S(=O)(=O)c2ccc(F)c(F)c2F)cc1. The molecule has 0 aliphatic carbocycles. The van der Waals surface area contributed by atoms with E-state index in [1.54, 1.807) is 48.5 Å². The Bertz CT molecular complexity index is 1180. The van der Waals surface area contributed by atoms with Crippen LogP contribution in [0.25, 0.3) is 0 Å². The lowest BCUT2D eigenvalue weighted by Crippen LogP contribution is -2.31. The second-order valence-electron chi connectivity index (χ2n) is 6.58. The topological polar surface area (TPSA) is 57.9 Å². The molecule has 0 amide bonds. The smallest absolute Gasteiger partial charge is 0.351 e. The van der Waals surface area contributed by atoms with Gasteiger partial charge in [0.2, 0.25) is 10.0 Å². The Balaban J connectivity index is 2.02. The minimum Gasteiger partial charge on any atom is -0.497 e. The van der Waals surface area contributed by atoms with Crippen LogP contribution in [0.15, 0.2) is 65.6 Å².